The normalized spacial score (nSPS) is 11.5. The maximum atomic E-state index is 13.5. The Labute approximate surface area is 168 Å². The van der Waals surface area contributed by atoms with Gasteiger partial charge in [0.25, 0.3) is 5.91 Å². The van der Waals surface area contributed by atoms with Gasteiger partial charge < -0.3 is 20.7 Å². The number of hydrogen-bond donors (Lipinski definition) is 3. The van der Waals surface area contributed by atoms with E-state index in [4.69, 9.17) is 4.74 Å². The number of para-hydroxylation sites is 1. The lowest BCUT2D eigenvalue weighted by Gasteiger charge is -2.21. The second-order valence-corrected chi connectivity index (χ2v) is 6.81. The second-order valence-electron chi connectivity index (χ2n) is 6.81. The number of rotatable bonds is 7. The predicted octanol–water partition coefficient (Wildman–Crippen LogP) is 3.46. The maximum Gasteiger partial charge on any atom is 0.329 e. The average Bonchev–Trinajstić information content (AvgIpc) is 2.67. The Morgan fingerprint density at radius 2 is 1.69 bits per heavy atom. The molecule has 154 valence electrons. The zero-order valence-corrected chi connectivity index (χ0v) is 16.5. The molecule has 0 saturated heterocycles. The monoisotopic (exact) mass is 401 g/mol. The summed E-state index contributed by atoms with van der Waals surface area (Å²) in [5.74, 6) is -2.07. The Balaban J connectivity index is 1.87. The van der Waals surface area contributed by atoms with Gasteiger partial charge in [-0.1, -0.05) is 38.1 Å². The van der Waals surface area contributed by atoms with Gasteiger partial charge in [0.1, 0.15) is 11.9 Å². The SMILES string of the molecule is Cc1ccc(NC(=O)COC(=O)[C@H](NC(=O)Nc2ccccc2)C(C)C)cc1F. The van der Waals surface area contributed by atoms with Crippen molar-refractivity contribution in [2.24, 2.45) is 5.92 Å². The Kier molecular flexibility index (Phi) is 7.70. The van der Waals surface area contributed by atoms with Gasteiger partial charge in [-0.2, -0.15) is 0 Å². The highest BCUT2D eigenvalue weighted by atomic mass is 19.1. The molecule has 2 rings (SSSR count). The van der Waals surface area contributed by atoms with Crippen LogP contribution in [-0.4, -0.2) is 30.6 Å². The number of esters is 1. The van der Waals surface area contributed by atoms with Crippen molar-refractivity contribution >= 4 is 29.3 Å². The number of carbonyl (C=O) groups is 3. The van der Waals surface area contributed by atoms with Gasteiger partial charge in [-0.05, 0) is 42.7 Å². The molecule has 0 aromatic heterocycles. The Morgan fingerprint density at radius 3 is 2.31 bits per heavy atom. The van der Waals surface area contributed by atoms with Crippen molar-refractivity contribution < 1.29 is 23.5 Å². The minimum absolute atomic E-state index is 0.259. The van der Waals surface area contributed by atoms with Gasteiger partial charge in [-0.3, -0.25) is 4.79 Å². The Bertz CT molecular complexity index is 871. The fourth-order valence-electron chi connectivity index (χ4n) is 2.42. The number of aryl methyl sites for hydroxylation is 1. The molecule has 0 bridgehead atoms. The molecule has 8 heteroatoms. The van der Waals surface area contributed by atoms with Crippen molar-refractivity contribution in [2.45, 2.75) is 26.8 Å². The van der Waals surface area contributed by atoms with Crippen LogP contribution in [0.3, 0.4) is 0 Å². The quantitative estimate of drug-likeness (QED) is 0.619. The molecule has 0 saturated carbocycles. The molecule has 0 aliphatic rings. The van der Waals surface area contributed by atoms with E-state index in [1.165, 1.54) is 12.1 Å². The largest absolute Gasteiger partial charge is 0.454 e. The molecule has 0 heterocycles. The third-order valence-electron chi connectivity index (χ3n) is 4.04. The number of ether oxygens (including phenoxy) is 1. The van der Waals surface area contributed by atoms with Crippen molar-refractivity contribution in [3.8, 4) is 0 Å². The van der Waals surface area contributed by atoms with Gasteiger partial charge in [0.2, 0.25) is 0 Å². The topological polar surface area (TPSA) is 96.5 Å². The van der Waals surface area contributed by atoms with E-state index >= 15 is 0 Å². The highest BCUT2D eigenvalue weighted by molar-refractivity contribution is 5.95. The number of halogens is 1. The fraction of sp³-hybridized carbons (Fsp3) is 0.286. The van der Waals surface area contributed by atoms with Crippen LogP contribution >= 0.6 is 0 Å². The molecule has 2 aromatic rings. The first-order valence-corrected chi connectivity index (χ1v) is 9.11. The number of amides is 3. The maximum absolute atomic E-state index is 13.5. The summed E-state index contributed by atoms with van der Waals surface area (Å²) >= 11 is 0. The number of nitrogens with one attached hydrogen (secondary N) is 3. The molecular weight excluding hydrogens is 377 g/mol. The van der Waals surface area contributed by atoms with Gasteiger partial charge >= 0.3 is 12.0 Å². The minimum Gasteiger partial charge on any atom is -0.454 e. The van der Waals surface area contributed by atoms with Crippen molar-refractivity contribution in [3.05, 3.63) is 59.9 Å². The van der Waals surface area contributed by atoms with E-state index in [0.717, 1.165) is 0 Å². The molecular formula is C21H24FN3O4. The Morgan fingerprint density at radius 1 is 1.00 bits per heavy atom. The standard InChI is InChI=1S/C21H24FN3O4/c1-13(2)19(25-21(28)24-15-7-5-4-6-8-15)20(27)29-12-18(26)23-16-10-9-14(3)17(22)11-16/h4-11,13,19H,12H2,1-3H3,(H,23,26)(H2,24,25,28)/t19-/m1/s1. The van der Waals surface area contributed by atoms with Crippen LogP contribution in [0.5, 0.6) is 0 Å². The van der Waals surface area contributed by atoms with E-state index < -0.39 is 36.4 Å². The van der Waals surface area contributed by atoms with E-state index in [0.29, 0.717) is 11.3 Å². The van der Waals surface area contributed by atoms with Crippen molar-refractivity contribution in [3.63, 3.8) is 0 Å². The number of benzene rings is 2. The lowest BCUT2D eigenvalue weighted by atomic mass is 10.1. The van der Waals surface area contributed by atoms with Gasteiger partial charge in [-0.25, -0.2) is 14.0 Å². The van der Waals surface area contributed by atoms with Crippen molar-refractivity contribution in [1.82, 2.24) is 5.32 Å². The molecule has 0 aliphatic heterocycles. The predicted molar refractivity (Wildman–Crippen MR) is 108 cm³/mol. The first kappa shape index (κ1) is 21.9. The fourth-order valence-corrected chi connectivity index (χ4v) is 2.42. The zero-order chi connectivity index (χ0) is 21.4. The summed E-state index contributed by atoms with van der Waals surface area (Å²) in [6.07, 6.45) is 0. The van der Waals surface area contributed by atoms with Crippen LogP contribution in [-0.2, 0) is 14.3 Å². The molecule has 3 N–H and O–H groups in total. The zero-order valence-electron chi connectivity index (χ0n) is 16.5. The molecule has 29 heavy (non-hydrogen) atoms. The lowest BCUT2D eigenvalue weighted by molar-refractivity contribution is -0.150. The van der Waals surface area contributed by atoms with Crippen LogP contribution in [0.4, 0.5) is 20.6 Å². The molecule has 1 atom stereocenters. The molecule has 0 spiro atoms. The number of carbonyl (C=O) groups excluding carboxylic acids is 3. The first-order valence-electron chi connectivity index (χ1n) is 9.11. The number of anilines is 2. The minimum atomic E-state index is -0.941. The summed E-state index contributed by atoms with van der Waals surface area (Å²) in [4.78, 5) is 36.4. The molecule has 2 aromatic carbocycles. The summed E-state index contributed by atoms with van der Waals surface area (Å²) in [5.41, 5.74) is 1.29. The van der Waals surface area contributed by atoms with Gasteiger partial charge in [0.15, 0.2) is 6.61 Å². The number of hydrogen-bond acceptors (Lipinski definition) is 4. The van der Waals surface area contributed by atoms with E-state index in [9.17, 15) is 18.8 Å². The third-order valence-corrected chi connectivity index (χ3v) is 4.04. The van der Waals surface area contributed by atoms with Crippen molar-refractivity contribution in [2.75, 3.05) is 17.2 Å². The molecule has 0 fully saturated rings. The highest BCUT2D eigenvalue weighted by Crippen LogP contribution is 2.13. The van der Waals surface area contributed by atoms with Crippen LogP contribution in [0.2, 0.25) is 0 Å². The van der Waals surface area contributed by atoms with Crippen LogP contribution in [0.25, 0.3) is 0 Å². The van der Waals surface area contributed by atoms with Gasteiger partial charge in [0.05, 0.1) is 0 Å². The first-order chi connectivity index (χ1) is 13.8. The molecule has 0 radical (unpaired) electrons. The van der Waals surface area contributed by atoms with Gasteiger partial charge in [-0.15, -0.1) is 0 Å². The Hall–Kier alpha value is -3.42. The summed E-state index contributed by atoms with van der Waals surface area (Å²) in [6.45, 7) is 4.53. The van der Waals surface area contributed by atoms with E-state index in [2.05, 4.69) is 16.0 Å². The average molecular weight is 401 g/mol. The summed E-state index contributed by atoms with van der Waals surface area (Å²) < 4.78 is 18.6. The van der Waals surface area contributed by atoms with Crippen LogP contribution < -0.4 is 16.0 Å². The molecule has 0 aliphatic carbocycles. The second kappa shape index (κ2) is 10.2. The van der Waals surface area contributed by atoms with Crippen LogP contribution in [0, 0.1) is 18.7 Å². The van der Waals surface area contributed by atoms with E-state index in [1.54, 1.807) is 51.1 Å². The van der Waals surface area contributed by atoms with E-state index in [-0.39, 0.29) is 11.6 Å². The van der Waals surface area contributed by atoms with Crippen LogP contribution in [0.1, 0.15) is 19.4 Å². The number of urea groups is 1. The molecule has 7 nitrogen and oxygen atoms in total. The van der Waals surface area contributed by atoms with Crippen LogP contribution in [0.15, 0.2) is 48.5 Å². The smallest absolute Gasteiger partial charge is 0.329 e. The van der Waals surface area contributed by atoms with Gasteiger partial charge in [0, 0.05) is 11.4 Å². The third kappa shape index (κ3) is 6.91. The summed E-state index contributed by atoms with van der Waals surface area (Å²) in [5, 5.41) is 7.61. The van der Waals surface area contributed by atoms with Crippen molar-refractivity contribution in [1.29, 1.82) is 0 Å². The summed E-state index contributed by atoms with van der Waals surface area (Å²) in [6, 6.07) is 11.5. The highest BCUT2D eigenvalue weighted by Gasteiger charge is 2.26. The summed E-state index contributed by atoms with van der Waals surface area (Å²) in [7, 11) is 0. The molecule has 3 amide bonds. The van der Waals surface area contributed by atoms with E-state index in [1.807, 2.05) is 6.07 Å². The molecule has 0 unspecified atom stereocenters. The lowest BCUT2D eigenvalue weighted by Crippen LogP contribution is -2.47.